The molecule has 0 N–H and O–H groups in total. The fourth-order valence-electron chi connectivity index (χ4n) is 2.57. The second-order valence-electron chi connectivity index (χ2n) is 5.26. The highest BCUT2D eigenvalue weighted by atomic mass is 35.5. The molecule has 2 heterocycles. The molecule has 0 aliphatic carbocycles. The Hall–Kier alpha value is -1.85. The highest BCUT2D eigenvalue weighted by Crippen LogP contribution is 2.32. The molecular formula is C16H18ClN3O2. The first-order valence-corrected chi connectivity index (χ1v) is 7.69. The molecule has 116 valence electrons. The zero-order valence-corrected chi connectivity index (χ0v) is 13.2. The van der Waals surface area contributed by atoms with Gasteiger partial charge in [-0.15, -0.1) is 10.2 Å². The lowest BCUT2D eigenvalue weighted by Gasteiger charge is -2.16. The van der Waals surface area contributed by atoms with Crippen LogP contribution in [-0.2, 0) is 6.54 Å². The smallest absolute Gasteiger partial charge is 0.239 e. The standard InChI is InChI=1S/C16H18ClN3O2/c1-21-13-5-4-12(11-20-8-2-3-9-20)10-14(13)22-16-7-6-15(17)18-19-16/h4-7,10H,2-3,8-9,11H2,1H3. The first-order valence-electron chi connectivity index (χ1n) is 7.31. The molecule has 2 aromatic rings. The average Bonchev–Trinajstić information content (AvgIpc) is 3.03. The predicted molar refractivity (Wildman–Crippen MR) is 84.6 cm³/mol. The molecule has 0 spiro atoms. The molecule has 0 bridgehead atoms. The van der Waals surface area contributed by atoms with Gasteiger partial charge in [-0.1, -0.05) is 17.7 Å². The summed E-state index contributed by atoms with van der Waals surface area (Å²) in [6.45, 7) is 3.24. The Labute approximate surface area is 134 Å². The van der Waals surface area contributed by atoms with E-state index in [0.29, 0.717) is 22.5 Å². The number of ether oxygens (including phenoxy) is 2. The lowest BCUT2D eigenvalue weighted by Crippen LogP contribution is -2.18. The molecule has 1 aliphatic rings. The molecule has 0 saturated carbocycles. The number of nitrogens with zero attached hydrogens (tertiary/aromatic N) is 3. The Morgan fingerprint density at radius 2 is 1.91 bits per heavy atom. The third-order valence-electron chi connectivity index (χ3n) is 3.65. The van der Waals surface area contributed by atoms with Crippen molar-refractivity contribution in [1.29, 1.82) is 0 Å². The quantitative estimate of drug-likeness (QED) is 0.843. The highest BCUT2D eigenvalue weighted by molar-refractivity contribution is 6.29. The van der Waals surface area contributed by atoms with Crippen LogP contribution in [0.2, 0.25) is 5.15 Å². The summed E-state index contributed by atoms with van der Waals surface area (Å²) >= 11 is 5.73. The number of likely N-dealkylation sites (tertiary alicyclic amines) is 1. The zero-order valence-electron chi connectivity index (χ0n) is 12.5. The number of rotatable bonds is 5. The van der Waals surface area contributed by atoms with Crippen molar-refractivity contribution in [2.24, 2.45) is 0 Å². The number of halogens is 1. The van der Waals surface area contributed by atoms with Gasteiger partial charge in [0.15, 0.2) is 16.7 Å². The van der Waals surface area contributed by atoms with Crippen molar-refractivity contribution in [1.82, 2.24) is 15.1 Å². The Morgan fingerprint density at radius 3 is 2.59 bits per heavy atom. The maximum atomic E-state index is 5.78. The fourth-order valence-corrected chi connectivity index (χ4v) is 2.67. The molecule has 0 radical (unpaired) electrons. The molecule has 22 heavy (non-hydrogen) atoms. The van der Waals surface area contributed by atoms with Gasteiger partial charge in [0.05, 0.1) is 7.11 Å². The van der Waals surface area contributed by atoms with Crippen LogP contribution in [0.3, 0.4) is 0 Å². The molecule has 0 unspecified atom stereocenters. The van der Waals surface area contributed by atoms with Gasteiger partial charge >= 0.3 is 0 Å². The van der Waals surface area contributed by atoms with Crippen molar-refractivity contribution in [2.45, 2.75) is 19.4 Å². The van der Waals surface area contributed by atoms with Crippen LogP contribution in [0.5, 0.6) is 17.4 Å². The largest absolute Gasteiger partial charge is 0.493 e. The average molecular weight is 320 g/mol. The summed E-state index contributed by atoms with van der Waals surface area (Å²) < 4.78 is 11.1. The van der Waals surface area contributed by atoms with Gasteiger partial charge < -0.3 is 9.47 Å². The van der Waals surface area contributed by atoms with Crippen molar-refractivity contribution >= 4 is 11.6 Å². The summed E-state index contributed by atoms with van der Waals surface area (Å²) in [7, 11) is 1.62. The third-order valence-corrected chi connectivity index (χ3v) is 3.86. The molecule has 1 saturated heterocycles. The van der Waals surface area contributed by atoms with E-state index < -0.39 is 0 Å². The summed E-state index contributed by atoms with van der Waals surface area (Å²) in [5.41, 5.74) is 1.19. The molecular weight excluding hydrogens is 302 g/mol. The summed E-state index contributed by atoms with van der Waals surface area (Å²) in [4.78, 5) is 2.44. The molecule has 1 aliphatic heterocycles. The van der Waals surface area contributed by atoms with Crippen molar-refractivity contribution in [3.63, 3.8) is 0 Å². The predicted octanol–water partition coefficient (Wildman–Crippen LogP) is 3.53. The van der Waals surface area contributed by atoms with E-state index in [2.05, 4.69) is 21.2 Å². The number of hydrogen-bond acceptors (Lipinski definition) is 5. The Bertz CT molecular complexity index is 628. The molecule has 6 heteroatoms. The van der Waals surface area contributed by atoms with Crippen LogP contribution in [0.4, 0.5) is 0 Å². The maximum absolute atomic E-state index is 5.78. The van der Waals surface area contributed by atoms with Crippen LogP contribution < -0.4 is 9.47 Å². The lowest BCUT2D eigenvalue weighted by atomic mass is 10.2. The van der Waals surface area contributed by atoms with E-state index in [1.165, 1.54) is 18.4 Å². The van der Waals surface area contributed by atoms with E-state index in [1.54, 1.807) is 19.2 Å². The molecule has 1 aromatic carbocycles. The minimum absolute atomic E-state index is 0.335. The third kappa shape index (κ3) is 3.67. The van der Waals surface area contributed by atoms with E-state index in [9.17, 15) is 0 Å². The number of hydrogen-bond donors (Lipinski definition) is 0. The SMILES string of the molecule is COc1ccc(CN2CCCC2)cc1Oc1ccc(Cl)nn1. The van der Waals surface area contributed by atoms with Gasteiger partial charge in [-0.25, -0.2) is 0 Å². The summed E-state index contributed by atoms with van der Waals surface area (Å²) in [6, 6.07) is 9.31. The number of methoxy groups -OCH3 is 1. The van der Waals surface area contributed by atoms with E-state index in [1.807, 2.05) is 12.1 Å². The zero-order chi connectivity index (χ0) is 15.4. The van der Waals surface area contributed by atoms with Gasteiger partial charge in [0, 0.05) is 12.6 Å². The van der Waals surface area contributed by atoms with Crippen LogP contribution in [0.1, 0.15) is 18.4 Å². The monoisotopic (exact) mass is 319 g/mol. The number of benzene rings is 1. The molecule has 5 nitrogen and oxygen atoms in total. The molecule has 1 fully saturated rings. The number of aromatic nitrogens is 2. The minimum atomic E-state index is 0.335. The Morgan fingerprint density at radius 1 is 1.09 bits per heavy atom. The van der Waals surface area contributed by atoms with E-state index in [4.69, 9.17) is 21.1 Å². The second kappa shape index (κ2) is 6.94. The molecule has 3 rings (SSSR count). The van der Waals surface area contributed by atoms with Gasteiger partial charge in [-0.3, -0.25) is 4.90 Å². The Kier molecular flexibility index (Phi) is 4.75. The molecule has 1 aromatic heterocycles. The van der Waals surface area contributed by atoms with E-state index >= 15 is 0 Å². The summed E-state index contributed by atoms with van der Waals surface area (Å²) in [5.74, 6) is 1.69. The van der Waals surface area contributed by atoms with Gasteiger partial charge in [0.25, 0.3) is 0 Å². The molecule has 0 atom stereocenters. The lowest BCUT2D eigenvalue weighted by molar-refractivity contribution is 0.329. The highest BCUT2D eigenvalue weighted by Gasteiger charge is 2.14. The maximum Gasteiger partial charge on any atom is 0.239 e. The van der Waals surface area contributed by atoms with E-state index in [0.717, 1.165) is 19.6 Å². The van der Waals surface area contributed by atoms with Crippen LogP contribution in [0, 0.1) is 0 Å². The van der Waals surface area contributed by atoms with Gasteiger partial charge in [-0.05, 0) is 49.7 Å². The van der Waals surface area contributed by atoms with Crippen LogP contribution >= 0.6 is 11.6 Å². The fraction of sp³-hybridized carbons (Fsp3) is 0.375. The van der Waals surface area contributed by atoms with E-state index in [-0.39, 0.29) is 0 Å². The minimum Gasteiger partial charge on any atom is -0.493 e. The van der Waals surface area contributed by atoms with Gasteiger partial charge in [0.1, 0.15) is 0 Å². The van der Waals surface area contributed by atoms with Gasteiger partial charge in [-0.2, -0.15) is 0 Å². The summed E-state index contributed by atoms with van der Waals surface area (Å²) in [6.07, 6.45) is 2.56. The van der Waals surface area contributed by atoms with Crippen LogP contribution in [0.15, 0.2) is 30.3 Å². The first-order chi connectivity index (χ1) is 10.7. The van der Waals surface area contributed by atoms with Crippen molar-refractivity contribution in [3.8, 4) is 17.4 Å². The van der Waals surface area contributed by atoms with Gasteiger partial charge in [0.2, 0.25) is 5.88 Å². The van der Waals surface area contributed by atoms with Crippen molar-refractivity contribution in [3.05, 3.63) is 41.0 Å². The van der Waals surface area contributed by atoms with Crippen LogP contribution in [0.25, 0.3) is 0 Å². The second-order valence-corrected chi connectivity index (χ2v) is 5.65. The molecule has 0 amide bonds. The Balaban J connectivity index is 1.79. The van der Waals surface area contributed by atoms with Crippen LogP contribution in [-0.4, -0.2) is 35.3 Å². The van der Waals surface area contributed by atoms with Crippen molar-refractivity contribution in [2.75, 3.05) is 20.2 Å². The topological polar surface area (TPSA) is 47.5 Å². The normalized spacial score (nSPS) is 15.0. The summed E-state index contributed by atoms with van der Waals surface area (Å²) in [5, 5.41) is 8.02. The van der Waals surface area contributed by atoms with Crippen molar-refractivity contribution < 1.29 is 9.47 Å². The first kappa shape index (κ1) is 15.1.